The molecule has 2 fully saturated rings. The van der Waals surface area contributed by atoms with E-state index in [0.29, 0.717) is 24.2 Å². The summed E-state index contributed by atoms with van der Waals surface area (Å²) in [6, 6.07) is 16.6. The van der Waals surface area contributed by atoms with Crippen molar-refractivity contribution in [2.24, 2.45) is 5.92 Å². The van der Waals surface area contributed by atoms with Gasteiger partial charge in [-0.1, -0.05) is 30.3 Å². The molecule has 34 heavy (non-hydrogen) atoms. The Hall–Kier alpha value is -3.19. The maximum absolute atomic E-state index is 13.0. The van der Waals surface area contributed by atoms with E-state index in [9.17, 15) is 14.4 Å². The van der Waals surface area contributed by atoms with Crippen molar-refractivity contribution in [2.75, 3.05) is 20.1 Å². The van der Waals surface area contributed by atoms with E-state index in [1.165, 1.54) is 13.8 Å². The number of carbonyl (C=O) groups excluding carboxylic acids is 3. The van der Waals surface area contributed by atoms with Gasteiger partial charge < -0.3 is 19.7 Å². The second-order valence-corrected chi connectivity index (χ2v) is 9.52. The Kier molecular flexibility index (Phi) is 7.03. The first-order valence-electron chi connectivity index (χ1n) is 11.8. The number of hydrogen-bond donors (Lipinski definition) is 1. The molecule has 0 bridgehead atoms. The highest BCUT2D eigenvalue weighted by Gasteiger charge is 2.53. The average Bonchev–Trinajstić information content (AvgIpc) is 2.79. The van der Waals surface area contributed by atoms with E-state index >= 15 is 0 Å². The first kappa shape index (κ1) is 24.0. The van der Waals surface area contributed by atoms with Crippen molar-refractivity contribution < 1.29 is 23.9 Å². The average molecular weight is 465 g/mol. The lowest BCUT2D eigenvalue weighted by atomic mass is 9.57. The van der Waals surface area contributed by atoms with Gasteiger partial charge in [0.15, 0.2) is 0 Å². The predicted octanol–water partition coefficient (Wildman–Crippen LogP) is 3.33. The molecule has 7 nitrogen and oxygen atoms in total. The first-order chi connectivity index (χ1) is 16.3. The van der Waals surface area contributed by atoms with Gasteiger partial charge in [-0.3, -0.25) is 14.4 Å². The standard InChI is InChI=1S/C27H32N2O5/c1-18(30)33-23-11-7-10-21(14-23)27-12-13-29(3)17-24(27)25(34-19(2)31)15-22(16-27)28-26(32)20-8-5-4-6-9-20/h4-11,14,22,24-25H,12-13,15-17H2,1-3H3,(H,28,32)/t22-,24-,25?,27-/m0/s1. The monoisotopic (exact) mass is 464 g/mol. The molecule has 1 amide bonds. The molecule has 4 atom stereocenters. The van der Waals surface area contributed by atoms with Crippen molar-refractivity contribution in [3.8, 4) is 5.75 Å². The van der Waals surface area contributed by atoms with E-state index in [4.69, 9.17) is 9.47 Å². The number of likely N-dealkylation sites (tertiary alicyclic amines) is 1. The number of esters is 2. The second-order valence-electron chi connectivity index (χ2n) is 9.52. The number of piperidine rings is 1. The Morgan fingerprint density at radius 1 is 1.03 bits per heavy atom. The van der Waals surface area contributed by atoms with Crippen LogP contribution >= 0.6 is 0 Å². The van der Waals surface area contributed by atoms with E-state index in [2.05, 4.69) is 23.3 Å². The van der Waals surface area contributed by atoms with Gasteiger partial charge in [-0.05, 0) is 56.3 Å². The van der Waals surface area contributed by atoms with Gasteiger partial charge >= 0.3 is 11.9 Å². The number of ether oxygens (including phenoxy) is 2. The topological polar surface area (TPSA) is 84.9 Å². The van der Waals surface area contributed by atoms with E-state index in [1.54, 1.807) is 18.2 Å². The number of rotatable bonds is 5. The van der Waals surface area contributed by atoms with Crippen molar-refractivity contribution in [3.05, 3.63) is 65.7 Å². The summed E-state index contributed by atoms with van der Waals surface area (Å²) < 4.78 is 11.2. The molecule has 0 spiro atoms. The third-order valence-electron chi connectivity index (χ3n) is 7.09. The number of fused-ring (bicyclic) bond motifs is 1. The zero-order valence-electron chi connectivity index (χ0n) is 20.0. The third kappa shape index (κ3) is 5.14. The Morgan fingerprint density at radius 3 is 2.50 bits per heavy atom. The molecular weight excluding hydrogens is 432 g/mol. The Bertz CT molecular complexity index is 1060. The highest BCUT2D eigenvalue weighted by Crippen LogP contribution is 2.50. The molecule has 0 radical (unpaired) electrons. The number of hydrogen-bond acceptors (Lipinski definition) is 6. The molecule has 4 rings (SSSR count). The third-order valence-corrected chi connectivity index (χ3v) is 7.09. The lowest BCUT2D eigenvalue weighted by Crippen LogP contribution is -2.61. The number of nitrogens with zero attached hydrogens (tertiary/aromatic N) is 1. The van der Waals surface area contributed by atoms with E-state index < -0.39 is 0 Å². The largest absolute Gasteiger partial charge is 0.462 e. The summed E-state index contributed by atoms with van der Waals surface area (Å²) in [7, 11) is 2.08. The zero-order chi connectivity index (χ0) is 24.3. The van der Waals surface area contributed by atoms with Crippen LogP contribution in [-0.2, 0) is 19.7 Å². The Labute approximate surface area is 200 Å². The molecule has 2 aliphatic rings. The van der Waals surface area contributed by atoms with Crippen LogP contribution in [0.4, 0.5) is 0 Å². The summed E-state index contributed by atoms with van der Waals surface area (Å²) in [6.07, 6.45) is 1.77. The SMILES string of the molecule is CC(=O)Oc1cccc([C@@]23CCN(C)C[C@H]2C(OC(C)=O)C[C@H](NC(=O)c2ccccc2)C3)c1. The summed E-state index contributed by atoms with van der Waals surface area (Å²) in [6.45, 7) is 4.47. The number of carbonyl (C=O) groups is 3. The van der Waals surface area contributed by atoms with Gasteiger partial charge in [-0.25, -0.2) is 0 Å². The maximum Gasteiger partial charge on any atom is 0.308 e. The van der Waals surface area contributed by atoms with Gasteiger partial charge in [0.05, 0.1) is 0 Å². The summed E-state index contributed by atoms with van der Waals surface area (Å²) >= 11 is 0. The van der Waals surface area contributed by atoms with Crippen LogP contribution in [0.3, 0.4) is 0 Å². The highest BCUT2D eigenvalue weighted by atomic mass is 16.5. The Balaban J connectivity index is 1.71. The van der Waals surface area contributed by atoms with Crippen LogP contribution in [0.15, 0.2) is 54.6 Å². The van der Waals surface area contributed by atoms with Gasteiger partial charge in [0, 0.05) is 49.8 Å². The molecule has 1 heterocycles. The number of benzene rings is 2. The van der Waals surface area contributed by atoms with E-state index in [0.717, 1.165) is 25.1 Å². The highest BCUT2D eigenvalue weighted by molar-refractivity contribution is 5.94. The molecule has 2 aromatic carbocycles. The van der Waals surface area contributed by atoms with Crippen molar-refractivity contribution in [1.29, 1.82) is 0 Å². The molecule has 180 valence electrons. The van der Waals surface area contributed by atoms with Crippen LogP contribution in [-0.4, -0.2) is 55.0 Å². The summed E-state index contributed by atoms with van der Waals surface area (Å²) in [5.41, 5.74) is 1.30. The lowest BCUT2D eigenvalue weighted by Gasteiger charge is -2.55. The van der Waals surface area contributed by atoms with Crippen LogP contribution < -0.4 is 10.1 Å². The summed E-state index contributed by atoms with van der Waals surface area (Å²) in [5.74, 6) is -0.286. The minimum absolute atomic E-state index is 0.0487. The zero-order valence-corrected chi connectivity index (χ0v) is 20.0. The van der Waals surface area contributed by atoms with Crippen LogP contribution in [0.2, 0.25) is 0 Å². The van der Waals surface area contributed by atoms with Crippen LogP contribution in [0.5, 0.6) is 5.75 Å². The fourth-order valence-electron chi connectivity index (χ4n) is 5.70. The fraction of sp³-hybridized carbons (Fsp3) is 0.444. The molecule has 1 unspecified atom stereocenters. The first-order valence-corrected chi connectivity index (χ1v) is 11.8. The van der Waals surface area contributed by atoms with Gasteiger partial charge in [0.25, 0.3) is 5.91 Å². The predicted molar refractivity (Wildman–Crippen MR) is 128 cm³/mol. The second kappa shape index (κ2) is 9.97. The molecule has 2 aromatic rings. The van der Waals surface area contributed by atoms with Gasteiger partial charge in [-0.15, -0.1) is 0 Å². The van der Waals surface area contributed by atoms with Crippen LogP contribution in [0.25, 0.3) is 0 Å². The molecular formula is C27H32N2O5. The minimum Gasteiger partial charge on any atom is -0.462 e. The number of amides is 1. The van der Waals surface area contributed by atoms with Crippen LogP contribution in [0.1, 0.15) is 49.0 Å². The number of nitrogens with one attached hydrogen (secondary N) is 1. The molecule has 1 aliphatic heterocycles. The lowest BCUT2D eigenvalue weighted by molar-refractivity contribution is -0.157. The normalized spacial score (nSPS) is 26.7. The maximum atomic E-state index is 13.0. The van der Waals surface area contributed by atoms with Crippen molar-refractivity contribution in [1.82, 2.24) is 10.2 Å². The quantitative estimate of drug-likeness (QED) is 0.540. The van der Waals surface area contributed by atoms with Gasteiger partial charge in [0.1, 0.15) is 11.9 Å². The van der Waals surface area contributed by atoms with Crippen molar-refractivity contribution in [3.63, 3.8) is 0 Å². The fourth-order valence-corrected chi connectivity index (χ4v) is 5.70. The van der Waals surface area contributed by atoms with Crippen molar-refractivity contribution >= 4 is 17.8 Å². The van der Waals surface area contributed by atoms with Crippen LogP contribution in [0, 0.1) is 5.92 Å². The Morgan fingerprint density at radius 2 is 1.79 bits per heavy atom. The molecule has 0 aromatic heterocycles. The van der Waals surface area contributed by atoms with Gasteiger partial charge in [-0.2, -0.15) is 0 Å². The smallest absolute Gasteiger partial charge is 0.308 e. The molecule has 1 saturated carbocycles. The molecule has 1 N–H and O–H groups in total. The minimum atomic E-state index is -0.371. The van der Waals surface area contributed by atoms with Crippen molar-refractivity contribution in [2.45, 2.75) is 50.7 Å². The molecule has 7 heteroatoms. The summed E-state index contributed by atoms with van der Waals surface area (Å²) in [4.78, 5) is 38.9. The van der Waals surface area contributed by atoms with E-state index in [-0.39, 0.29) is 41.3 Å². The van der Waals surface area contributed by atoms with Gasteiger partial charge in [0.2, 0.25) is 0 Å². The molecule has 1 saturated heterocycles. The summed E-state index contributed by atoms with van der Waals surface area (Å²) in [5, 5.41) is 3.19. The molecule has 1 aliphatic carbocycles. The van der Waals surface area contributed by atoms with E-state index in [1.807, 2.05) is 30.3 Å².